The fourth-order valence-electron chi connectivity index (χ4n) is 2.53. The molecule has 1 N–H and O–H groups in total. The van der Waals surface area contributed by atoms with E-state index < -0.39 is 16.4 Å². The van der Waals surface area contributed by atoms with Crippen LogP contribution in [0.4, 0.5) is 11.4 Å². The zero-order valence-corrected chi connectivity index (χ0v) is 15.8. The molecule has 142 valence electrons. The smallest absolute Gasteiger partial charge is 0.269 e. The molecule has 3 aromatic rings. The topological polar surface area (TPSA) is 94.2 Å². The first-order chi connectivity index (χ1) is 13.3. The predicted octanol–water partition coefficient (Wildman–Crippen LogP) is 4.36. The lowest BCUT2D eigenvalue weighted by atomic mass is 10.2. The van der Waals surface area contributed by atoms with Crippen LogP contribution < -0.4 is 10.9 Å². The van der Waals surface area contributed by atoms with E-state index in [1.165, 1.54) is 34.9 Å². The number of anilines is 1. The number of amides is 1. The maximum absolute atomic E-state index is 12.7. The molecule has 0 atom stereocenters. The first-order valence-corrected chi connectivity index (χ1v) is 8.80. The predicted molar refractivity (Wildman–Crippen MR) is 107 cm³/mol. The number of nitrogens with zero attached hydrogens (tertiary/aromatic N) is 2. The zero-order chi connectivity index (χ0) is 20.3. The molecule has 0 bridgehead atoms. The van der Waals surface area contributed by atoms with E-state index in [1.54, 1.807) is 30.5 Å². The number of halogens is 2. The molecule has 1 amide bonds. The number of hydrogen-bond donors (Lipinski definition) is 1. The average molecular weight is 418 g/mol. The fraction of sp³-hybridized carbons (Fsp3) is 0.0526. The summed E-state index contributed by atoms with van der Waals surface area (Å²) in [7, 11) is 0. The van der Waals surface area contributed by atoms with Crippen molar-refractivity contribution >= 4 is 40.5 Å². The Balaban J connectivity index is 1.82. The van der Waals surface area contributed by atoms with Gasteiger partial charge in [0.1, 0.15) is 5.56 Å². The van der Waals surface area contributed by atoms with Crippen molar-refractivity contribution in [3.8, 4) is 0 Å². The summed E-state index contributed by atoms with van der Waals surface area (Å²) in [6.07, 6.45) is 1.55. The summed E-state index contributed by atoms with van der Waals surface area (Å²) < 4.78 is 1.36. The Morgan fingerprint density at radius 2 is 1.82 bits per heavy atom. The van der Waals surface area contributed by atoms with Crippen LogP contribution in [-0.2, 0) is 6.54 Å². The maximum Gasteiger partial charge on any atom is 0.269 e. The molecule has 0 unspecified atom stereocenters. The highest BCUT2D eigenvalue weighted by atomic mass is 35.5. The van der Waals surface area contributed by atoms with Crippen LogP contribution in [0.3, 0.4) is 0 Å². The van der Waals surface area contributed by atoms with Crippen LogP contribution in [-0.4, -0.2) is 15.4 Å². The van der Waals surface area contributed by atoms with Gasteiger partial charge in [-0.15, -0.1) is 0 Å². The second-order valence-electron chi connectivity index (χ2n) is 5.85. The van der Waals surface area contributed by atoms with Crippen molar-refractivity contribution in [2.24, 2.45) is 0 Å². The number of nitro groups is 1. The van der Waals surface area contributed by atoms with Crippen LogP contribution in [0.15, 0.2) is 65.6 Å². The third kappa shape index (κ3) is 4.39. The Kier molecular flexibility index (Phi) is 5.77. The summed E-state index contributed by atoms with van der Waals surface area (Å²) in [6, 6.07) is 13.3. The lowest BCUT2D eigenvalue weighted by molar-refractivity contribution is -0.384. The average Bonchev–Trinajstić information content (AvgIpc) is 2.65. The molecular formula is C19H13Cl2N3O4. The van der Waals surface area contributed by atoms with Gasteiger partial charge in [-0.2, -0.15) is 0 Å². The molecule has 0 aliphatic rings. The number of rotatable bonds is 5. The summed E-state index contributed by atoms with van der Waals surface area (Å²) in [5, 5.41) is 14.1. The van der Waals surface area contributed by atoms with Gasteiger partial charge in [0.15, 0.2) is 0 Å². The first kappa shape index (κ1) is 19.6. The Bertz CT molecular complexity index is 1110. The third-order valence-corrected chi connectivity index (χ3v) is 4.54. The Hall–Kier alpha value is -3.16. The van der Waals surface area contributed by atoms with Gasteiger partial charge in [-0.1, -0.05) is 29.3 Å². The third-order valence-electron chi connectivity index (χ3n) is 3.96. The van der Waals surface area contributed by atoms with Crippen molar-refractivity contribution < 1.29 is 9.72 Å². The molecule has 7 nitrogen and oxygen atoms in total. The molecule has 1 aromatic heterocycles. The molecule has 2 aromatic carbocycles. The molecule has 1 heterocycles. The molecule has 0 fully saturated rings. The van der Waals surface area contributed by atoms with Gasteiger partial charge in [0.05, 0.1) is 11.5 Å². The van der Waals surface area contributed by atoms with E-state index in [0.717, 1.165) is 0 Å². The van der Waals surface area contributed by atoms with Crippen LogP contribution in [0.1, 0.15) is 15.9 Å². The summed E-state index contributed by atoms with van der Waals surface area (Å²) in [4.78, 5) is 35.3. The summed E-state index contributed by atoms with van der Waals surface area (Å²) in [5.74, 6) is -0.615. The summed E-state index contributed by atoms with van der Waals surface area (Å²) in [6.45, 7) is 0.174. The van der Waals surface area contributed by atoms with Crippen molar-refractivity contribution in [2.45, 2.75) is 6.54 Å². The highest BCUT2D eigenvalue weighted by molar-refractivity contribution is 6.35. The van der Waals surface area contributed by atoms with E-state index in [2.05, 4.69) is 5.32 Å². The van der Waals surface area contributed by atoms with Crippen LogP contribution in [0.2, 0.25) is 10.0 Å². The van der Waals surface area contributed by atoms with Crippen LogP contribution in [0.25, 0.3) is 0 Å². The minimum atomic E-state index is -0.615. The normalized spacial score (nSPS) is 10.5. The number of carbonyl (C=O) groups is 1. The number of non-ortho nitro benzene ring substituents is 1. The quantitative estimate of drug-likeness (QED) is 0.492. The Morgan fingerprint density at radius 1 is 1.11 bits per heavy atom. The van der Waals surface area contributed by atoms with E-state index in [-0.39, 0.29) is 17.8 Å². The van der Waals surface area contributed by atoms with Crippen molar-refractivity contribution in [3.63, 3.8) is 0 Å². The highest BCUT2D eigenvalue weighted by Gasteiger charge is 2.14. The minimum absolute atomic E-state index is 0.0639. The monoisotopic (exact) mass is 417 g/mol. The minimum Gasteiger partial charge on any atom is -0.322 e. The molecule has 0 saturated heterocycles. The second-order valence-corrected chi connectivity index (χ2v) is 6.69. The Morgan fingerprint density at radius 3 is 2.46 bits per heavy atom. The van der Waals surface area contributed by atoms with E-state index in [0.29, 0.717) is 21.3 Å². The largest absolute Gasteiger partial charge is 0.322 e. The standard InChI is InChI=1S/C19H13Cl2N3O4/c20-13-4-3-12(17(21)10-13)11-23-9-1-2-16(19(23)26)18(25)22-14-5-7-15(8-6-14)24(27)28/h1-10H,11H2,(H,22,25). The molecular weight excluding hydrogens is 405 g/mol. The van der Waals surface area contributed by atoms with Crippen molar-refractivity contribution in [1.29, 1.82) is 0 Å². The molecule has 0 radical (unpaired) electrons. The maximum atomic E-state index is 12.7. The van der Waals surface area contributed by atoms with Gasteiger partial charge in [0.2, 0.25) is 0 Å². The summed E-state index contributed by atoms with van der Waals surface area (Å²) >= 11 is 12.0. The molecule has 3 rings (SSSR count). The SMILES string of the molecule is O=C(Nc1ccc([N+](=O)[O-])cc1)c1cccn(Cc2ccc(Cl)cc2Cl)c1=O. The fourth-order valence-corrected chi connectivity index (χ4v) is 3.00. The van der Waals surface area contributed by atoms with E-state index in [9.17, 15) is 19.7 Å². The lowest BCUT2D eigenvalue weighted by Gasteiger charge is -2.10. The van der Waals surface area contributed by atoms with Crippen LogP contribution in [0, 0.1) is 10.1 Å². The molecule has 9 heteroatoms. The number of nitro benzene ring substituents is 1. The second kappa shape index (κ2) is 8.24. The first-order valence-electron chi connectivity index (χ1n) is 8.04. The van der Waals surface area contributed by atoms with Crippen LogP contribution in [0.5, 0.6) is 0 Å². The van der Waals surface area contributed by atoms with Crippen molar-refractivity contribution in [2.75, 3.05) is 5.32 Å². The van der Waals surface area contributed by atoms with Gasteiger partial charge < -0.3 is 9.88 Å². The number of hydrogen-bond acceptors (Lipinski definition) is 4. The van der Waals surface area contributed by atoms with Crippen LogP contribution >= 0.6 is 23.2 Å². The van der Waals surface area contributed by atoms with Gasteiger partial charge in [-0.3, -0.25) is 19.7 Å². The Labute approximate surface area is 169 Å². The van der Waals surface area contributed by atoms with Gasteiger partial charge in [0, 0.05) is 34.1 Å². The molecule has 0 spiro atoms. The molecule has 28 heavy (non-hydrogen) atoms. The number of pyridine rings is 1. The van der Waals surface area contributed by atoms with Gasteiger partial charge in [-0.05, 0) is 42.0 Å². The molecule has 0 saturated carbocycles. The van der Waals surface area contributed by atoms with E-state index in [1.807, 2.05) is 0 Å². The van der Waals surface area contributed by atoms with Crippen molar-refractivity contribution in [1.82, 2.24) is 4.57 Å². The number of aromatic nitrogens is 1. The number of benzene rings is 2. The van der Waals surface area contributed by atoms with Gasteiger partial charge >= 0.3 is 0 Å². The number of carbonyl (C=O) groups excluding carboxylic acids is 1. The summed E-state index contributed by atoms with van der Waals surface area (Å²) in [5.41, 5.74) is 0.367. The highest BCUT2D eigenvalue weighted by Crippen LogP contribution is 2.21. The van der Waals surface area contributed by atoms with Crippen molar-refractivity contribution in [3.05, 3.63) is 102 Å². The molecule has 0 aliphatic carbocycles. The lowest BCUT2D eigenvalue weighted by Crippen LogP contribution is -2.29. The number of nitrogens with one attached hydrogen (secondary N) is 1. The van der Waals surface area contributed by atoms with Gasteiger partial charge in [-0.25, -0.2) is 0 Å². The van der Waals surface area contributed by atoms with E-state index in [4.69, 9.17) is 23.2 Å². The molecule has 0 aliphatic heterocycles. The zero-order valence-electron chi connectivity index (χ0n) is 14.3. The van der Waals surface area contributed by atoms with E-state index >= 15 is 0 Å². The van der Waals surface area contributed by atoms with Gasteiger partial charge in [0.25, 0.3) is 17.2 Å².